The topological polar surface area (TPSA) is 80.9 Å². The van der Waals surface area contributed by atoms with E-state index in [4.69, 9.17) is 0 Å². The van der Waals surface area contributed by atoms with Gasteiger partial charge in [0.1, 0.15) is 23.0 Å². The minimum absolute atomic E-state index is 0.0516. The van der Waals surface area contributed by atoms with Gasteiger partial charge in [0.2, 0.25) is 0 Å². The lowest BCUT2D eigenvalue weighted by molar-refractivity contribution is 0.0622. The molecule has 4 heteroatoms. The predicted molar refractivity (Wildman–Crippen MR) is 123 cm³/mol. The molecule has 4 nitrogen and oxygen atoms in total. The van der Waals surface area contributed by atoms with Crippen LogP contribution in [0.5, 0.6) is 23.0 Å². The smallest absolute Gasteiger partial charge is 0.123 e. The lowest BCUT2D eigenvalue weighted by atomic mass is 9.51. The SMILES string of the molecule is CC(C)C1(C)CC2(c3c(O)cc(O)cc31)c1c(O)cc(O)cc1C(C)(C(C)C)C2(C)C. The molecule has 31 heavy (non-hydrogen) atoms. The molecule has 3 unspecified atom stereocenters. The molecule has 0 saturated heterocycles. The highest BCUT2D eigenvalue weighted by Gasteiger charge is 2.71. The Labute approximate surface area is 185 Å². The van der Waals surface area contributed by atoms with Crippen molar-refractivity contribution >= 4 is 0 Å². The van der Waals surface area contributed by atoms with E-state index in [0.717, 1.165) is 22.3 Å². The monoisotopic (exact) mass is 424 g/mol. The second kappa shape index (κ2) is 6.11. The van der Waals surface area contributed by atoms with Gasteiger partial charge in [0.05, 0.1) is 0 Å². The van der Waals surface area contributed by atoms with E-state index in [1.807, 2.05) is 0 Å². The summed E-state index contributed by atoms with van der Waals surface area (Å²) in [5.41, 5.74) is 1.73. The van der Waals surface area contributed by atoms with E-state index in [9.17, 15) is 20.4 Å². The Balaban J connectivity index is 2.24. The van der Waals surface area contributed by atoms with E-state index in [0.29, 0.717) is 6.42 Å². The quantitative estimate of drug-likeness (QED) is 0.472. The van der Waals surface area contributed by atoms with Gasteiger partial charge in [-0.1, -0.05) is 55.4 Å². The van der Waals surface area contributed by atoms with Gasteiger partial charge < -0.3 is 20.4 Å². The number of benzene rings is 2. The Morgan fingerprint density at radius 3 is 1.58 bits per heavy atom. The predicted octanol–water partition coefficient (Wildman–Crippen LogP) is 6.07. The first kappa shape index (κ1) is 21.9. The van der Waals surface area contributed by atoms with E-state index < -0.39 is 10.8 Å². The summed E-state index contributed by atoms with van der Waals surface area (Å²) in [5.74, 6) is 0.706. The Hall–Kier alpha value is -2.36. The Kier molecular flexibility index (Phi) is 4.31. The second-order valence-electron chi connectivity index (χ2n) is 11.4. The average molecular weight is 425 g/mol. The van der Waals surface area contributed by atoms with Crippen LogP contribution in [0, 0.1) is 17.3 Å². The van der Waals surface area contributed by atoms with Crippen molar-refractivity contribution in [3.63, 3.8) is 0 Å². The molecule has 3 atom stereocenters. The van der Waals surface area contributed by atoms with Crippen LogP contribution in [0.1, 0.15) is 84.1 Å². The molecule has 0 aromatic heterocycles. The molecule has 0 heterocycles. The number of phenols is 4. The summed E-state index contributed by atoms with van der Waals surface area (Å²) in [6.45, 7) is 17.6. The van der Waals surface area contributed by atoms with Crippen LogP contribution in [-0.2, 0) is 16.2 Å². The molecule has 2 aliphatic carbocycles. The Morgan fingerprint density at radius 2 is 1.13 bits per heavy atom. The van der Waals surface area contributed by atoms with Crippen molar-refractivity contribution < 1.29 is 20.4 Å². The highest BCUT2D eigenvalue weighted by atomic mass is 16.3. The lowest BCUT2D eigenvalue weighted by Crippen LogP contribution is -2.50. The van der Waals surface area contributed by atoms with Gasteiger partial charge in [-0.05, 0) is 52.3 Å². The first-order chi connectivity index (χ1) is 14.2. The zero-order valence-electron chi connectivity index (χ0n) is 20.0. The standard InChI is InChI=1S/C27H36O4/c1-14(2)25(7)13-27(22-18(25)9-16(28)11-20(22)30)23-19(10-17(29)12-21(23)31)26(8,15(3)4)24(27,5)6/h9-12,14-15,28-31H,13H2,1-8H3. The van der Waals surface area contributed by atoms with E-state index in [2.05, 4.69) is 55.4 Å². The molecule has 0 saturated carbocycles. The third kappa shape index (κ3) is 2.26. The number of phenolic OH excluding ortho intramolecular Hbond substituents is 4. The summed E-state index contributed by atoms with van der Waals surface area (Å²) in [4.78, 5) is 0. The number of hydrogen-bond donors (Lipinski definition) is 4. The number of aromatic hydroxyl groups is 4. The largest absolute Gasteiger partial charge is 0.508 e. The molecule has 0 radical (unpaired) electrons. The zero-order valence-corrected chi connectivity index (χ0v) is 20.0. The molecular weight excluding hydrogens is 388 g/mol. The highest BCUT2D eigenvalue weighted by Crippen LogP contribution is 2.75. The molecule has 0 amide bonds. The van der Waals surface area contributed by atoms with Gasteiger partial charge in [0, 0.05) is 34.1 Å². The molecular formula is C27H36O4. The third-order valence-electron chi connectivity index (χ3n) is 9.66. The molecule has 4 rings (SSSR count). The zero-order chi connectivity index (χ0) is 23.3. The highest BCUT2D eigenvalue weighted by molar-refractivity contribution is 5.71. The molecule has 0 fully saturated rings. The van der Waals surface area contributed by atoms with Crippen LogP contribution in [0.2, 0.25) is 0 Å². The third-order valence-corrected chi connectivity index (χ3v) is 9.66. The molecule has 168 valence electrons. The molecule has 2 aliphatic rings. The average Bonchev–Trinajstić information content (AvgIpc) is 2.98. The van der Waals surface area contributed by atoms with Crippen molar-refractivity contribution in [3.05, 3.63) is 46.5 Å². The number of rotatable bonds is 2. The van der Waals surface area contributed by atoms with Gasteiger partial charge in [-0.3, -0.25) is 0 Å². The van der Waals surface area contributed by atoms with E-state index in [-0.39, 0.29) is 45.7 Å². The minimum atomic E-state index is -0.675. The van der Waals surface area contributed by atoms with E-state index in [1.165, 1.54) is 12.1 Å². The first-order valence-corrected chi connectivity index (χ1v) is 11.3. The van der Waals surface area contributed by atoms with Crippen LogP contribution in [0.4, 0.5) is 0 Å². The van der Waals surface area contributed by atoms with Crippen LogP contribution in [0.15, 0.2) is 24.3 Å². The molecule has 2 aromatic rings. The summed E-state index contributed by atoms with van der Waals surface area (Å²) in [5, 5.41) is 43.4. The fourth-order valence-corrected chi connectivity index (χ4v) is 7.10. The van der Waals surface area contributed by atoms with Crippen molar-refractivity contribution in [2.75, 3.05) is 0 Å². The van der Waals surface area contributed by atoms with Gasteiger partial charge in [-0.15, -0.1) is 0 Å². The number of hydrogen-bond acceptors (Lipinski definition) is 4. The molecule has 1 spiro atoms. The number of fused-ring (bicyclic) bond motifs is 4. The fraction of sp³-hybridized carbons (Fsp3) is 0.556. The van der Waals surface area contributed by atoms with Gasteiger partial charge in [0.15, 0.2) is 0 Å². The van der Waals surface area contributed by atoms with Crippen molar-refractivity contribution in [2.24, 2.45) is 17.3 Å². The summed E-state index contributed by atoms with van der Waals surface area (Å²) in [7, 11) is 0. The van der Waals surface area contributed by atoms with Crippen LogP contribution < -0.4 is 0 Å². The van der Waals surface area contributed by atoms with Crippen LogP contribution in [-0.4, -0.2) is 20.4 Å². The maximum Gasteiger partial charge on any atom is 0.123 e. The minimum Gasteiger partial charge on any atom is -0.508 e. The van der Waals surface area contributed by atoms with Gasteiger partial charge in [0.25, 0.3) is 0 Å². The van der Waals surface area contributed by atoms with Gasteiger partial charge >= 0.3 is 0 Å². The summed E-state index contributed by atoms with van der Waals surface area (Å²) in [6, 6.07) is 6.44. The molecule has 0 aliphatic heterocycles. The maximum absolute atomic E-state index is 11.3. The van der Waals surface area contributed by atoms with Crippen LogP contribution in [0.25, 0.3) is 0 Å². The fourth-order valence-electron chi connectivity index (χ4n) is 7.10. The van der Waals surface area contributed by atoms with E-state index >= 15 is 0 Å². The summed E-state index contributed by atoms with van der Waals surface area (Å²) < 4.78 is 0. The van der Waals surface area contributed by atoms with Crippen molar-refractivity contribution in [1.82, 2.24) is 0 Å². The summed E-state index contributed by atoms with van der Waals surface area (Å²) in [6.07, 6.45) is 0.699. The van der Waals surface area contributed by atoms with Gasteiger partial charge in [-0.2, -0.15) is 0 Å². The first-order valence-electron chi connectivity index (χ1n) is 11.3. The van der Waals surface area contributed by atoms with Crippen molar-refractivity contribution in [2.45, 2.75) is 78.1 Å². The normalized spacial score (nSPS) is 30.9. The van der Waals surface area contributed by atoms with Crippen molar-refractivity contribution in [3.8, 4) is 23.0 Å². The second-order valence-corrected chi connectivity index (χ2v) is 11.4. The van der Waals surface area contributed by atoms with Crippen molar-refractivity contribution in [1.29, 1.82) is 0 Å². The molecule has 2 aromatic carbocycles. The van der Waals surface area contributed by atoms with Crippen LogP contribution in [0.3, 0.4) is 0 Å². The maximum atomic E-state index is 11.3. The van der Waals surface area contributed by atoms with Gasteiger partial charge in [-0.25, -0.2) is 0 Å². The lowest BCUT2D eigenvalue weighted by Gasteiger charge is -2.51. The molecule has 4 N–H and O–H groups in total. The molecule has 0 bridgehead atoms. The Bertz CT molecular complexity index is 1060. The van der Waals surface area contributed by atoms with Crippen LogP contribution >= 0.6 is 0 Å². The van der Waals surface area contributed by atoms with E-state index in [1.54, 1.807) is 12.1 Å². The summed E-state index contributed by atoms with van der Waals surface area (Å²) >= 11 is 0. The Morgan fingerprint density at radius 1 is 0.677 bits per heavy atom.